The molecule has 1 aliphatic rings. The first kappa shape index (κ1) is 10.6. The smallest absolute Gasteiger partial charge is 0.240 e. The van der Waals surface area contributed by atoms with Gasteiger partial charge in [0.15, 0.2) is 5.82 Å². The van der Waals surface area contributed by atoms with Gasteiger partial charge in [-0.3, -0.25) is 0 Å². The molecule has 1 saturated heterocycles. The molecule has 1 aliphatic heterocycles. The van der Waals surface area contributed by atoms with Crippen molar-refractivity contribution >= 4 is 0 Å². The molecule has 0 aliphatic carbocycles. The minimum absolute atomic E-state index is 0.677. The molecule has 0 bridgehead atoms. The quantitative estimate of drug-likeness (QED) is 0.756. The van der Waals surface area contributed by atoms with E-state index < -0.39 is 0 Å². The average molecular weight is 210 g/mol. The van der Waals surface area contributed by atoms with Crippen LogP contribution >= 0.6 is 0 Å². The Morgan fingerprint density at radius 2 is 2.53 bits per heavy atom. The van der Waals surface area contributed by atoms with Gasteiger partial charge in [-0.05, 0) is 45.3 Å². The van der Waals surface area contributed by atoms with Crippen LogP contribution in [0, 0.1) is 12.8 Å². The molecule has 1 atom stereocenters. The molecule has 0 saturated carbocycles. The van der Waals surface area contributed by atoms with Gasteiger partial charge in [-0.15, -0.1) is 0 Å². The highest BCUT2D eigenvalue weighted by atomic mass is 16.5. The van der Waals surface area contributed by atoms with Crippen molar-refractivity contribution in [2.24, 2.45) is 5.92 Å². The molecule has 2 N–H and O–H groups in total. The molecule has 0 amide bonds. The van der Waals surface area contributed by atoms with Crippen molar-refractivity contribution in [2.45, 2.75) is 26.3 Å². The van der Waals surface area contributed by atoms with Gasteiger partial charge in [-0.1, -0.05) is 5.16 Å². The first-order valence-electron chi connectivity index (χ1n) is 5.55. The Balaban J connectivity index is 1.65. The second-order valence-corrected chi connectivity index (χ2v) is 4.08. The third kappa shape index (κ3) is 3.28. The number of hydrogen-bond acceptors (Lipinski definition) is 5. The van der Waals surface area contributed by atoms with Gasteiger partial charge >= 0.3 is 0 Å². The second kappa shape index (κ2) is 5.23. The Morgan fingerprint density at radius 1 is 1.60 bits per heavy atom. The van der Waals surface area contributed by atoms with Gasteiger partial charge in [0.1, 0.15) is 0 Å². The molecule has 84 valence electrons. The van der Waals surface area contributed by atoms with Crippen molar-refractivity contribution in [3.8, 4) is 0 Å². The molecular formula is C10H18N4O. The Bertz CT molecular complexity index is 293. The van der Waals surface area contributed by atoms with E-state index in [0.717, 1.165) is 19.0 Å². The van der Waals surface area contributed by atoms with Gasteiger partial charge in [-0.25, -0.2) is 0 Å². The fourth-order valence-corrected chi connectivity index (χ4v) is 1.89. The Kier molecular flexibility index (Phi) is 3.69. The summed E-state index contributed by atoms with van der Waals surface area (Å²) in [5, 5.41) is 10.5. The average Bonchev–Trinajstić information content (AvgIpc) is 2.66. The monoisotopic (exact) mass is 210 g/mol. The number of nitrogens with one attached hydrogen (secondary N) is 2. The largest absolute Gasteiger partial charge is 0.338 e. The summed E-state index contributed by atoms with van der Waals surface area (Å²) in [5.41, 5.74) is 0. The lowest BCUT2D eigenvalue weighted by Gasteiger charge is -2.22. The lowest BCUT2D eigenvalue weighted by Crippen LogP contribution is -2.35. The number of nitrogens with zero attached hydrogens (tertiary/aromatic N) is 2. The maximum Gasteiger partial charge on any atom is 0.240 e. The summed E-state index contributed by atoms with van der Waals surface area (Å²) in [5.74, 6) is 2.12. The molecule has 15 heavy (non-hydrogen) atoms. The first-order chi connectivity index (χ1) is 7.34. The summed E-state index contributed by atoms with van der Waals surface area (Å²) < 4.78 is 5.01. The normalized spacial score (nSPS) is 21.8. The van der Waals surface area contributed by atoms with E-state index in [9.17, 15) is 0 Å². The molecule has 1 aromatic heterocycles. The SMILES string of the molecule is Cc1noc(CNCC2CCCNC2)n1. The Morgan fingerprint density at radius 3 is 3.20 bits per heavy atom. The highest BCUT2D eigenvalue weighted by Crippen LogP contribution is 2.08. The van der Waals surface area contributed by atoms with E-state index >= 15 is 0 Å². The van der Waals surface area contributed by atoms with Gasteiger partial charge in [0, 0.05) is 0 Å². The third-order valence-corrected chi connectivity index (χ3v) is 2.68. The topological polar surface area (TPSA) is 63.0 Å². The van der Waals surface area contributed by atoms with Crippen LogP contribution in [0.5, 0.6) is 0 Å². The zero-order valence-corrected chi connectivity index (χ0v) is 9.12. The highest BCUT2D eigenvalue weighted by Gasteiger charge is 2.12. The molecule has 5 nitrogen and oxygen atoms in total. The molecule has 5 heteroatoms. The number of aryl methyl sites for hydroxylation is 1. The number of hydrogen-bond donors (Lipinski definition) is 2. The standard InChI is InChI=1S/C10H18N4O/c1-8-13-10(15-14-8)7-12-6-9-3-2-4-11-5-9/h9,11-12H,2-7H2,1H3. The van der Waals surface area contributed by atoms with Crippen LogP contribution in [0.15, 0.2) is 4.52 Å². The van der Waals surface area contributed by atoms with E-state index in [2.05, 4.69) is 20.8 Å². The fraction of sp³-hybridized carbons (Fsp3) is 0.800. The number of rotatable bonds is 4. The lowest BCUT2D eigenvalue weighted by molar-refractivity contribution is 0.333. The molecule has 2 heterocycles. The van der Waals surface area contributed by atoms with Crippen molar-refractivity contribution in [3.63, 3.8) is 0 Å². The van der Waals surface area contributed by atoms with Crippen LogP contribution < -0.4 is 10.6 Å². The summed E-state index contributed by atoms with van der Waals surface area (Å²) in [7, 11) is 0. The van der Waals surface area contributed by atoms with Gasteiger partial charge < -0.3 is 15.2 Å². The summed E-state index contributed by atoms with van der Waals surface area (Å²) in [6, 6.07) is 0. The zero-order valence-electron chi connectivity index (χ0n) is 9.12. The molecule has 1 unspecified atom stereocenters. The van der Waals surface area contributed by atoms with E-state index in [1.165, 1.54) is 19.4 Å². The fourth-order valence-electron chi connectivity index (χ4n) is 1.89. The molecule has 1 fully saturated rings. The van der Waals surface area contributed by atoms with Crippen LogP contribution in [-0.2, 0) is 6.54 Å². The van der Waals surface area contributed by atoms with E-state index in [0.29, 0.717) is 18.3 Å². The summed E-state index contributed by atoms with van der Waals surface area (Å²) in [4.78, 5) is 4.14. The predicted molar refractivity (Wildman–Crippen MR) is 56.3 cm³/mol. The number of aromatic nitrogens is 2. The molecule has 1 aromatic rings. The van der Waals surface area contributed by atoms with Gasteiger partial charge in [0.05, 0.1) is 6.54 Å². The van der Waals surface area contributed by atoms with Crippen LogP contribution in [0.4, 0.5) is 0 Å². The lowest BCUT2D eigenvalue weighted by atomic mass is 10.00. The maximum absolute atomic E-state index is 5.01. The van der Waals surface area contributed by atoms with Crippen molar-refractivity contribution in [3.05, 3.63) is 11.7 Å². The minimum Gasteiger partial charge on any atom is -0.338 e. The second-order valence-electron chi connectivity index (χ2n) is 4.08. The van der Waals surface area contributed by atoms with Crippen LogP contribution in [-0.4, -0.2) is 29.8 Å². The van der Waals surface area contributed by atoms with Crippen LogP contribution in [0.2, 0.25) is 0 Å². The molecule has 0 radical (unpaired) electrons. The van der Waals surface area contributed by atoms with Crippen LogP contribution in [0.25, 0.3) is 0 Å². The maximum atomic E-state index is 5.01. The number of piperidine rings is 1. The van der Waals surface area contributed by atoms with E-state index in [1.807, 2.05) is 6.92 Å². The molecular weight excluding hydrogens is 192 g/mol. The summed E-state index contributed by atoms with van der Waals surface area (Å²) >= 11 is 0. The van der Waals surface area contributed by atoms with Crippen molar-refractivity contribution in [1.82, 2.24) is 20.8 Å². The van der Waals surface area contributed by atoms with Crippen molar-refractivity contribution in [2.75, 3.05) is 19.6 Å². The van der Waals surface area contributed by atoms with Crippen molar-refractivity contribution in [1.29, 1.82) is 0 Å². The Labute approximate surface area is 89.6 Å². The summed E-state index contributed by atoms with van der Waals surface area (Å²) in [6.07, 6.45) is 2.59. The van der Waals surface area contributed by atoms with Crippen LogP contribution in [0.1, 0.15) is 24.6 Å². The van der Waals surface area contributed by atoms with Gasteiger partial charge in [0.25, 0.3) is 0 Å². The molecule has 0 aromatic carbocycles. The van der Waals surface area contributed by atoms with Gasteiger partial charge in [-0.2, -0.15) is 4.98 Å². The summed E-state index contributed by atoms with van der Waals surface area (Å²) in [6.45, 7) is 5.82. The van der Waals surface area contributed by atoms with E-state index in [1.54, 1.807) is 0 Å². The highest BCUT2D eigenvalue weighted by molar-refractivity contribution is 4.82. The van der Waals surface area contributed by atoms with Crippen LogP contribution in [0.3, 0.4) is 0 Å². The predicted octanol–water partition coefficient (Wildman–Crippen LogP) is 0.467. The first-order valence-corrected chi connectivity index (χ1v) is 5.55. The molecule has 0 spiro atoms. The van der Waals surface area contributed by atoms with E-state index in [4.69, 9.17) is 4.52 Å². The Hall–Kier alpha value is -0.940. The van der Waals surface area contributed by atoms with Crippen molar-refractivity contribution < 1.29 is 4.52 Å². The van der Waals surface area contributed by atoms with Gasteiger partial charge in [0.2, 0.25) is 5.89 Å². The zero-order chi connectivity index (χ0) is 10.5. The third-order valence-electron chi connectivity index (χ3n) is 2.68. The minimum atomic E-state index is 0.677. The van der Waals surface area contributed by atoms with E-state index in [-0.39, 0.29) is 0 Å². The molecule has 2 rings (SSSR count).